The molecule has 0 saturated carbocycles. The summed E-state index contributed by atoms with van der Waals surface area (Å²) in [5, 5.41) is 0.853. The van der Waals surface area contributed by atoms with Crippen molar-refractivity contribution >= 4 is 22.5 Å². The number of nitrogens with one attached hydrogen (secondary N) is 1. The standard InChI is InChI=1S/C19H20N4O/c20-16-12-14-11-15(13-7-3-1-4-8-13)18(21-17(14)22-19(16)24)23-9-5-2-6-10-23/h1,3-4,7-8,11-12H,2,5-6,9-10,20H2,(H,21,22,24). The maximum atomic E-state index is 11.8. The lowest BCUT2D eigenvalue weighted by Gasteiger charge is -2.29. The third kappa shape index (κ3) is 2.62. The molecule has 3 aromatic rings. The molecular weight excluding hydrogens is 300 g/mol. The minimum Gasteiger partial charge on any atom is -0.394 e. The Morgan fingerprint density at radius 1 is 1.04 bits per heavy atom. The van der Waals surface area contributed by atoms with Crippen LogP contribution in [0, 0.1) is 0 Å². The van der Waals surface area contributed by atoms with Gasteiger partial charge in [-0.05, 0) is 37.0 Å². The highest BCUT2D eigenvalue weighted by Gasteiger charge is 2.18. The maximum absolute atomic E-state index is 11.8. The fourth-order valence-corrected chi connectivity index (χ4v) is 3.32. The summed E-state index contributed by atoms with van der Waals surface area (Å²) in [7, 11) is 0. The SMILES string of the molecule is Nc1cc2cc(-c3ccccc3)c(N3CCCCC3)nc2[nH]c1=O. The van der Waals surface area contributed by atoms with Gasteiger partial charge in [0.15, 0.2) is 0 Å². The van der Waals surface area contributed by atoms with E-state index in [1.54, 1.807) is 6.07 Å². The number of aromatic nitrogens is 2. The van der Waals surface area contributed by atoms with Gasteiger partial charge in [0, 0.05) is 24.0 Å². The van der Waals surface area contributed by atoms with Gasteiger partial charge >= 0.3 is 0 Å². The lowest BCUT2D eigenvalue weighted by molar-refractivity contribution is 0.574. The molecule has 1 fully saturated rings. The van der Waals surface area contributed by atoms with Gasteiger partial charge in [-0.1, -0.05) is 30.3 Å². The summed E-state index contributed by atoms with van der Waals surface area (Å²) in [5.74, 6) is 0.939. The van der Waals surface area contributed by atoms with Gasteiger partial charge in [-0.2, -0.15) is 0 Å². The number of hydrogen-bond acceptors (Lipinski definition) is 4. The van der Waals surface area contributed by atoms with E-state index in [1.165, 1.54) is 19.3 Å². The second-order valence-corrected chi connectivity index (χ2v) is 6.26. The van der Waals surface area contributed by atoms with Gasteiger partial charge in [-0.25, -0.2) is 4.98 Å². The van der Waals surface area contributed by atoms with Crippen LogP contribution >= 0.6 is 0 Å². The average Bonchev–Trinajstić information content (AvgIpc) is 2.63. The summed E-state index contributed by atoms with van der Waals surface area (Å²) in [6, 6.07) is 14.0. The second-order valence-electron chi connectivity index (χ2n) is 6.26. The summed E-state index contributed by atoms with van der Waals surface area (Å²) >= 11 is 0. The third-order valence-corrected chi connectivity index (χ3v) is 4.58. The average molecular weight is 320 g/mol. The van der Waals surface area contributed by atoms with E-state index in [4.69, 9.17) is 10.7 Å². The molecule has 1 saturated heterocycles. The van der Waals surface area contributed by atoms with E-state index in [9.17, 15) is 4.79 Å². The fourth-order valence-electron chi connectivity index (χ4n) is 3.32. The fraction of sp³-hybridized carbons (Fsp3) is 0.263. The molecule has 0 aliphatic carbocycles. The predicted molar refractivity (Wildman–Crippen MR) is 98.3 cm³/mol. The van der Waals surface area contributed by atoms with Gasteiger partial charge in [0.1, 0.15) is 11.5 Å². The summed E-state index contributed by atoms with van der Waals surface area (Å²) in [4.78, 5) is 21.8. The number of nitrogens with two attached hydrogens (primary N) is 1. The van der Waals surface area contributed by atoms with Crippen LogP contribution in [0.5, 0.6) is 0 Å². The van der Waals surface area contributed by atoms with Gasteiger partial charge in [0.05, 0.1) is 5.69 Å². The number of fused-ring (bicyclic) bond motifs is 1. The van der Waals surface area contributed by atoms with Crippen molar-refractivity contribution in [1.82, 2.24) is 9.97 Å². The van der Waals surface area contributed by atoms with E-state index in [-0.39, 0.29) is 11.2 Å². The topological polar surface area (TPSA) is 75.0 Å². The van der Waals surface area contributed by atoms with Crippen molar-refractivity contribution in [2.45, 2.75) is 19.3 Å². The Morgan fingerprint density at radius 3 is 2.54 bits per heavy atom. The highest BCUT2D eigenvalue weighted by Crippen LogP contribution is 2.33. The van der Waals surface area contributed by atoms with Crippen molar-refractivity contribution in [3.05, 3.63) is 52.8 Å². The Bertz CT molecular complexity index is 927. The lowest BCUT2D eigenvalue weighted by atomic mass is 10.0. The molecule has 0 amide bonds. The molecule has 4 rings (SSSR count). The Hall–Kier alpha value is -2.82. The molecule has 2 aromatic heterocycles. The van der Waals surface area contributed by atoms with Crippen LogP contribution in [0.2, 0.25) is 0 Å². The number of rotatable bonds is 2. The van der Waals surface area contributed by atoms with E-state index >= 15 is 0 Å². The molecule has 0 atom stereocenters. The molecule has 0 bridgehead atoms. The van der Waals surface area contributed by atoms with E-state index < -0.39 is 0 Å². The number of nitrogens with zero attached hydrogens (tertiary/aromatic N) is 2. The zero-order valence-corrected chi connectivity index (χ0v) is 13.5. The van der Waals surface area contributed by atoms with E-state index in [0.717, 1.165) is 35.4 Å². The first-order valence-corrected chi connectivity index (χ1v) is 8.36. The largest absolute Gasteiger partial charge is 0.394 e. The van der Waals surface area contributed by atoms with Crippen LogP contribution in [0.25, 0.3) is 22.2 Å². The zero-order chi connectivity index (χ0) is 16.5. The van der Waals surface area contributed by atoms with Crippen LogP contribution in [0.4, 0.5) is 11.5 Å². The molecule has 3 N–H and O–H groups in total. The lowest BCUT2D eigenvalue weighted by Crippen LogP contribution is -2.30. The Balaban J connectivity index is 1.95. The molecule has 1 aliphatic rings. The minimum atomic E-state index is -0.285. The van der Waals surface area contributed by atoms with E-state index in [2.05, 4.69) is 28.1 Å². The van der Waals surface area contributed by atoms with Crippen molar-refractivity contribution in [2.75, 3.05) is 23.7 Å². The van der Waals surface area contributed by atoms with Gasteiger partial charge in [-0.15, -0.1) is 0 Å². The number of benzene rings is 1. The number of pyridine rings is 2. The monoisotopic (exact) mass is 320 g/mol. The number of piperidine rings is 1. The number of hydrogen-bond donors (Lipinski definition) is 2. The van der Waals surface area contributed by atoms with Crippen LogP contribution in [-0.4, -0.2) is 23.1 Å². The number of anilines is 2. The number of nitrogen functional groups attached to an aromatic ring is 1. The predicted octanol–water partition coefficient (Wildman–Crippen LogP) is 3.16. The van der Waals surface area contributed by atoms with Gasteiger partial charge in [-0.3, -0.25) is 4.79 Å². The minimum absolute atomic E-state index is 0.217. The summed E-state index contributed by atoms with van der Waals surface area (Å²) in [6.07, 6.45) is 3.61. The van der Waals surface area contributed by atoms with E-state index in [1.807, 2.05) is 18.2 Å². The summed E-state index contributed by atoms with van der Waals surface area (Å²) in [6.45, 7) is 2.00. The molecule has 3 heterocycles. The molecule has 1 aliphatic heterocycles. The van der Waals surface area contributed by atoms with Crippen LogP contribution < -0.4 is 16.2 Å². The highest BCUT2D eigenvalue weighted by molar-refractivity contribution is 5.89. The molecule has 122 valence electrons. The highest BCUT2D eigenvalue weighted by atomic mass is 16.1. The molecule has 5 heteroatoms. The Morgan fingerprint density at radius 2 is 1.79 bits per heavy atom. The molecule has 0 unspecified atom stereocenters. The van der Waals surface area contributed by atoms with Crippen molar-refractivity contribution < 1.29 is 0 Å². The maximum Gasteiger partial charge on any atom is 0.272 e. The van der Waals surface area contributed by atoms with Crippen LogP contribution in [-0.2, 0) is 0 Å². The quantitative estimate of drug-likeness (QED) is 0.760. The first-order chi connectivity index (χ1) is 11.7. The normalized spacial score (nSPS) is 14.9. The van der Waals surface area contributed by atoms with E-state index in [0.29, 0.717) is 5.65 Å². The zero-order valence-electron chi connectivity index (χ0n) is 13.5. The molecule has 24 heavy (non-hydrogen) atoms. The van der Waals surface area contributed by atoms with Crippen LogP contribution in [0.1, 0.15) is 19.3 Å². The molecular formula is C19H20N4O. The van der Waals surface area contributed by atoms with Gasteiger partial charge < -0.3 is 15.6 Å². The van der Waals surface area contributed by atoms with Crippen molar-refractivity contribution in [3.8, 4) is 11.1 Å². The van der Waals surface area contributed by atoms with Crippen LogP contribution in [0.15, 0.2) is 47.3 Å². The smallest absolute Gasteiger partial charge is 0.272 e. The van der Waals surface area contributed by atoms with Crippen molar-refractivity contribution in [1.29, 1.82) is 0 Å². The molecule has 1 aromatic carbocycles. The second kappa shape index (κ2) is 6.00. The van der Waals surface area contributed by atoms with Gasteiger partial charge in [0.2, 0.25) is 0 Å². The number of H-pyrrole nitrogens is 1. The first-order valence-electron chi connectivity index (χ1n) is 8.36. The summed E-state index contributed by atoms with van der Waals surface area (Å²) in [5.41, 5.74) is 8.50. The third-order valence-electron chi connectivity index (χ3n) is 4.58. The molecule has 0 radical (unpaired) electrons. The number of aromatic amines is 1. The Labute approximate surface area is 140 Å². The first kappa shape index (κ1) is 14.8. The van der Waals surface area contributed by atoms with Crippen molar-refractivity contribution in [2.24, 2.45) is 0 Å². The van der Waals surface area contributed by atoms with Crippen molar-refractivity contribution in [3.63, 3.8) is 0 Å². The van der Waals surface area contributed by atoms with Crippen LogP contribution in [0.3, 0.4) is 0 Å². The summed E-state index contributed by atoms with van der Waals surface area (Å²) < 4.78 is 0. The van der Waals surface area contributed by atoms with Gasteiger partial charge in [0.25, 0.3) is 5.56 Å². The molecule has 5 nitrogen and oxygen atoms in total. The molecule has 0 spiro atoms. The Kier molecular flexibility index (Phi) is 3.69.